The number of hydrogen-bond donors (Lipinski definition) is 2. The minimum absolute atomic E-state index is 0.0309. The molecule has 2 N–H and O–H groups in total. The van der Waals surface area contributed by atoms with E-state index in [2.05, 4.69) is 10.0 Å². The molecule has 4 rings (SSSR count). The summed E-state index contributed by atoms with van der Waals surface area (Å²) in [4.78, 5) is 13.2. The number of carbonyl (C=O) groups excluding carboxylic acids is 1. The molecule has 0 aromatic heterocycles. The number of rotatable bonds is 5. The van der Waals surface area contributed by atoms with Crippen molar-refractivity contribution in [3.63, 3.8) is 0 Å². The van der Waals surface area contributed by atoms with Gasteiger partial charge in [0.1, 0.15) is 0 Å². The molecule has 160 valence electrons. The van der Waals surface area contributed by atoms with Crippen LogP contribution in [0.2, 0.25) is 0 Å². The average molecular weight is 427 g/mol. The summed E-state index contributed by atoms with van der Waals surface area (Å²) in [6.07, 6.45) is 8.63. The van der Waals surface area contributed by atoms with Crippen molar-refractivity contribution < 1.29 is 13.2 Å². The molecular weight excluding hydrogens is 396 g/mol. The molecule has 5 nitrogen and oxygen atoms in total. The topological polar surface area (TPSA) is 75.3 Å². The fourth-order valence-electron chi connectivity index (χ4n) is 4.72. The Morgan fingerprint density at radius 2 is 1.60 bits per heavy atom. The lowest BCUT2D eigenvalue weighted by Gasteiger charge is -2.26. The lowest BCUT2D eigenvalue weighted by Crippen LogP contribution is -2.36. The van der Waals surface area contributed by atoms with Crippen LogP contribution in [-0.2, 0) is 22.9 Å². The predicted octanol–water partition coefficient (Wildman–Crippen LogP) is 4.74. The van der Waals surface area contributed by atoms with E-state index < -0.39 is 10.0 Å². The summed E-state index contributed by atoms with van der Waals surface area (Å²) < 4.78 is 29.3. The molecule has 0 unspecified atom stereocenters. The van der Waals surface area contributed by atoms with E-state index in [1.54, 1.807) is 12.1 Å². The van der Waals surface area contributed by atoms with Gasteiger partial charge in [0.05, 0.1) is 4.90 Å². The van der Waals surface area contributed by atoms with Gasteiger partial charge in [-0.2, -0.15) is 0 Å². The highest BCUT2D eigenvalue weighted by Gasteiger charge is 2.28. The van der Waals surface area contributed by atoms with Crippen LogP contribution in [-0.4, -0.2) is 20.4 Å². The number of nitrogens with one attached hydrogen (secondary N) is 2. The third-order valence-electron chi connectivity index (χ3n) is 6.35. The molecule has 0 radical (unpaired) electrons. The first kappa shape index (κ1) is 21.1. The largest absolute Gasteiger partial charge is 0.322 e. The van der Waals surface area contributed by atoms with Gasteiger partial charge in [-0.15, -0.1) is 0 Å². The molecule has 6 heteroatoms. The first-order valence-electron chi connectivity index (χ1n) is 11.0. The molecule has 1 saturated carbocycles. The molecule has 2 aromatic rings. The number of hydrogen-bond acceptors (Lipinski definition) is 3. The van der Waals surface area contributed by atoms with Crippen LogP contribution >= 0.6 is 0 Å². The summed E-state index contributed by atoms with van der Waals surface area (Å²) in [5.41, 5.74) is 4.12. The Morgan fingerprint density at radius 3 is 2.33 bits per heavy atom. The summed E-state index contributed by atoms with van der Waals surface area (Å²) in [6.45, 7) is 1.91. The minimum Gasteiger partial charge on any atom is -0.322 e. The van der Waals surface area contributed by atoms with Crippen LogP contribution in [0, 0.1) is 6.92 Å². The second kappa shape index (κ2) is 8.90. The lowest BCUT2D eigenvalue weighted by molar-refractivity contribution is 0.102. The molecule has 1 amide bonds. The third-order valence-corrected chi connectivity index (χ3v) is 7.95. The Kier molecular flexibility index (Phi) is 6.25. The lowest BCUT2D eigenvalue weighted by atomic mass is 9.90. The SMILES string of the molecule is Cc1ccccc1C(=O)Nc1ccc(S(=O)(=O)NC2CCCCC2)c2c1CCCC2. The van der Waals surface area contributed by atoms with Gasteiger partial charge in [-0.1, -0.05) is 37.5 Å². The van der Waals surface area contributed by atoms with Crippen molar-refractivity contribution in [1.29, 1.82) is 0 Å². The highest BCUT2D eigenvalue weighted by molar-refractivity contribution is 7.89. The molecule has 30 heavy (non-hydrogen) atoms. The first-order chi connectivity index (χ1) is 14.5. The summed E-state index contributed by atoms with van der Waals surface area (Å²) >= 11 is 0. The van der Waals surface area contributed by atoms with Gasteiger partial charge in [-0.3, -0.25) is 4.79 Å². The van der Waals surface area contributed by atoms with Crippen LogP contribution in [0.25, 0.3) is 0 Å². The van der Waals surface area contributed by atoms with E-state index >= 15 is 0 Å². The number of sulfonamides is 1. The van der Waals surface area contributed by atoms with Gasteiger partial charge in [0.25, 0.3) is 5.91 Å². The molecule has 0 heterocycles. The smallest absolute Gasteiger partial charge is 0.255 e. The highest BCUT2D eigenvalue weighted by atomic mass is 32.2. The minimum atomic E-state index is -3.57. The average Bonchev–Trinajstić information content (AvgIpc) is 2.74. The van der Waals surface area contributed by atoms with Crippen molar-refractivity contribution >= 4 is 21.6 Å². The summed E-state index contributed by atoms with van der Waals surface area (Å²) in [6, 6.07) is 10.9. The Labute approximate surface area is 179 Å². The van der Waals surface area contributed by atoms with Crippen molar-refractivity contribution in [2.45, 2.75) is 75.6 Å². The summed E-state index contributed by atoms with van der Waals surface area (Å²) in [7, 11) is -3.57. The zero-order valence-corrected chi connectivity index (χ0v) is 18.4. The number of carbonyl (C=O) groups is 1. The van der Waals surface area contributed by atoms with Crippen LogP contribution in [0.5, 0.6) is 0 Å². The van der Waals surface area contributed by atoms with Gasteiger partial charge in [-0.25, -0.2) is 13.1 Å². The Balaban J connectivity index is 1.63. The van der Waals surface area contributed by atoms with E-state index in [1.165, 1.54) is 6.42 Å². The maximum Gasteiger partial charge on any atom is 0.255 e. The summed E-state index contributed by atoms with van der Waals surface area (Å²) in [5.74, 6) is -0.156. The Bertz CT molecular complexity index is 1040. The van der Waals surface area contributed by atoms with E-state index in [4.69, 9.17) is 0 Å². The van der Waals surface area contributed by atoms with Crippen LogP contribution in [0.3, 0.4) is 0 Å². The molecular formula is C24H30N2O3S. The van der Waals surface area contributed by atoms with Crippen molar-refractivity contribution in [2.24, 2.45) is 0 Å². The van der Waals surface area contributed by atoms with Crippen molar-refractivity contribution in [1.82, 2.24) is 4.72 Å². The zero-order chi connectivity index (χ0) is 21.1. The van der Waals surface area contributed by atoms with E-state index in [0.29, 0.717) is 10.5 Å². The van der Waals surface area contributed by atoms with Crippen molar-refractivity contribution in [3.05, 3.63) is 58.7 Å². The van der Waals surface area contributed by atoms with E-state index in [9.17, 15) is 13.2 Å². The van der Waals surface area contributed by atoms with Crippen molar-refractivity contribution in [3.8, 4) is 0 Å². The fraction of sp³-hybridized carbons (Fsp3) is 0.458. The number of fused-ring (bicyclic) bond motifs is 1. The second-order valence-corrected chi connectivity index (χ2v) is 10.2. The molecule has 2 aliphatic carbocycles. The van der Waals surface area contributed by atoms with Gasteiger partial charge < -0.3 is 5.32 Å². The second-order valence-electron chi connectivity index (χ2n) is 8.50. The normalized spacial score (nSPS) is 17.4. The molecule has 2 aromatic carbocycles. The maximum absolute atomic E-state index is 13.2. The fourth-order valence-corrected chi connectivity index (χ4v) is 6.32. The van der Waals surface area contributed by atoms with Gasteiger partial charge in [-0.05, 0) is 80.3 Å². The molecule has 0 atom stereocenters. The number of aryl methyl sites for hydroxylation is 1. The predicted molar refractivity (Wildman–Crippen MR) is 119 cm³/mol. The van der Waals surface area contributed by atoms with E-state index in [-0.39, 0.29) is 11.9 Å². The Hall–Kier alpha value is -2.18. The third kappa shape index (κ3) is 4.44. The molecule has 0 aliphatic heterocycles. The molecule has 0 spiro atoms. The van der Waals surface area contributed by atoms with Gasteiger partial charge in [0, 0.05) is 17.3 Å². The standard InChI is InChI=1S/C24H30N2O3S/c1-17-9-5-6-12-19(17)24(27)25-22-15-16-23(21-14-8-7-13-20(21)22)30(28,29)26-18-10-3-2-4-11-18/h5-6,9,12,15-16,18,26H,2-4,7-8,10-11,13-14H2,1H3,(H,25,27). The molecule has 1 fully saturated rings. The Morgan fingerprint density at radius 1 is 0.900 bits per heavy atom. The highest BCUT2D eigenvalue weighted by Crippen LogP contribution is 2.34. The molecule has 2 aliphatic rings. The number of amides is 1. The molecule has 0 saturated heterocycles. The monoisotopic (exact) mass is 426 g/mol. The van der Waals surface area contributed by atoms with Crippen molar-refractivity contribution in [2.75, 3.05) is 5.32 Å². The van der Waals surface area contributed by atoms with Crippen LogP contribution in [0.15, 0.2) is 41.3 Å². The van der Waals surface area contributed by atoms with Crippen LogP contribution in [0.4, 0.5) is 5.69 Å². The van der Waals surface area contributed by atoms with Gasteiger partial charge >= 0.3 is 0 Å². The first-order valence-corrected chi connectivity index (χ1v) is 12.5. The maximum atomic E-state index is 13.2. The van der Waals surface area contributed by atoms with E-state index in [0.717, 1.165) is 73.7 Å². The van der Waals surface area contributed by atoms with Crippen LogP contribution < -0.4 is 10.0 Å². The zero-order valence-electron chi connectivity index (χ0n) is 17.5. The van der Waals surface area contributed by atoms with Gasteiger partial charge in [0.2, 0.25) is 10.0 Å². The number of anilines is 1. The summed E-state index contributed by atoms with van der Waals surface area (Å²) in [5, 5.41) is 3.03. The number of benzene rings is 2. The van der Waals surface area contributed by atoms with Gasteiger partial charge in [0.15, 0.2) is 0 Å². The quantitative estimate of drug-likeness (QED) is 0.725. The molecule has 0 bridgehead atoms. The van der Waals surface area contributed by atoms with Crippen LogP contribution in [0.1, 0.15) is 72.0 Å². The van der Waals surface area contributed by atoms with E-state index in [1.807, 2.05) is 31.2 Å².